The molecular weight excluding hydrogens is 476 g/mol. The van der Waals surface area contributed by atoms with Gasteiger partial charge in [-0.3, -0.25) is 4.79 Å². The maximum absolute atomic E-state index is 11.1. The van der Waals surface area contributed by atoms with E-state index in [0.717, 1.165) is 36.5 Å². The van der Waals surface area contributed by atoms with Crippen molar-refractivity contribution < 1.29 is 9.90 Å². The average molecular weight is 551 g/mol. The van der Waals surface area contributed by atoms with Gasteiger partial charge in [-0.1, -0.05) is 152 Å². The van der Waals surface area contributed by atoms with E-state index in [-0.39, 0.29) is 5.92 Å². The molecule has 7 atom stereocenters. The lowest BCUT2D eigenvalue weighted by Crippen LogP contribution is -2.16. The number of hydrogen-bond donors (Lipinski definition) is 1. The topological polar surface area (TPSA) is 37.3 Å². The van der Waals surface area contributed by atoms with Crippen LogP contribution in [0.5, 0.6) is 0 Å². The first kappa shape index (κ1) is 38.5. The smallest absolute Gasteiger partial charge is 0.306 e. The average Bonchev–Trinajstić information content (AvgIpc) is 2.83. The fourth-order valence-electron chi connectivity index (χ4n) is 7.43. The van der Waals surface area contributed by atoms with Crippen molar-refractivity contribution in [2.75, 3.05) is 0 Å². The van der Waals surface area contributed by atoms with Gasteiger partial charge >= 0.3 is 5.97 Å². The molecule has 0 heterocycles. The molecule has 0 bridgehead atoms. The number of aliphatic carboxylic acids is 1. The number of carbonyl (C=O) groups is 1. The Kier molecular flexibility index (Phi) is 24.9. The summed E-state index contributed by atoms with van der Waals surface area (Å²) in [5.74, 6) is 3.59. The molecule has 1 N–H and O–H groups in total. The van der Waals surface area contributed by atoms with Gasteiger partial charge in [-0.05, 0) is 74.0 Å². The monoisotopic (exact) mass is 551 g/mol. The normalized spacial score (nSPS) is 17.3. The molecular formula is C37H74O2. The van der Waals surface area contributed by atoms with Gasteiger partial charge in [-0.25, -0.2) is 0 Å². The molecule has 2 nitrogen and oxygen atoms in total. The summed E-state index contributed by atoms with van der Waals surface area (Å²) in [6, 6.07) is 0. The molecule has 2 heteroatoms. The first-order chi connectivity index (χ1) is 18.5. The molecule has 0 saturated carbocycles. The van der Waals surface area contributed by atoms with Crippen LogP contribution in [-0.4, -0.2) is 11.1 Å². The Labute approximate surface area is 247 Å². The van der Waals surface area contributed by atoms with E-state index in [2.05, 4.69) is 48.5 Å². The van der Waals surface area contributed by atoms with Crippen molar-refractivity contribution in [3.63, 3.8) is 0 Å². The molecule has 0 amide bonds. The molecule has 0 aromatic carbocycles. The summed E-state index contributed by atoms with van der Waals surface area (Å²) in [6.45, 7) is 18.6. The second-order valence-corrected chi connectivity index (χ2v) is 14.7. The predicted octanol–water partition coefficient (Wildman–Crippen LogP) is 12.7. The third kappa shape index (κ3) is 24.9. The maximum atomic E-state index is 11.1. The molecule has 0 aliphatic carbocycles. The highest BCUT2D eigenvalue weighted by Crippen LogP contribution is 2.30. The van der Waals surface area contributed by atoms with Crippen LogP contribution in [0, 0.1) is 41.4 Å². The molecule has 0 aromatic heterocycles. The molecule has 234 valence electrons. The predicted molar refractivity (Wildman–Crippen MR) is 174 cm³/mol. The molecule has 0 saturated heterocycles. The number of rotatable bonds is 28. The van der Waals surface area contributed by atoms with Crippen LogP contribution in [0.4, 0.5) is 0 Å². The molecule has 0 fully saturated rings. The lowest BCUT2D eigenvalue weighted by molar-refractivity contribution is -0.141. The largest absolute Gasteiger partial charge is 0.481 e. The molecule has 0 spiro atoms. The first-order valence-corrected chi connectivity index (χ1v) is 17.8. The van der Waals surface area contributed by atoms with E-state index in [1.54, 1.807) is 0 Å². The van der Waals surface area contributed by atoms with E-state index in [1.807, 2.05) is 6.92 Å². The minimum absolute atomic E-state index is 0.220. The van der Waals surface area contributed by atoms with Gasteiger partial charge < -0.3 is 5.11 Å². The summed E-state index contributed by atoms with van der Waals surface area (Å²) in [5.41, 5.74) is 0. The Bertz CT molecular complexity index is 544. The third-order valence-electron chi connectivity index (χ3n) is 9.25. The second-order valence-electron chi connectivity index (χ2n) is 14.7. The number of carboxylic acid groups (broad SMARTS) is 1. The Balaban J connectivity index is 3.77. The van der Waals surface area contributed by atoms with Gasteiger partial charge in [-0.15, -0.1) is 0 Å². The fourth-order valence-corrected chi connectivity index (χ4v) is 7.43. The first-order valence-electron chi connectivity index (χ1n) is 17.8. The molecule has 0 aromatic rings. The molecule has 39 heavy (non-hydrogen) atoms. The van der Waals surface area contributed by atoms with Crippen LogP contribution in [0.1, 0.15) is 190 Å². The quantitative estimate of drug-likeness (QED) is 0.0983. The van der Waals surface area contributed by atoms with E-state index < -0.39 is 5.97 Å². The van der Waals surface area contributed by atoms with Crippen LogP contribution >= 0.6 is 0 Å². The van der Waals surface area contributed by atoms with Crippen LogP contribution in [0.25, 0.3) is 0 Å². The van der Waals surface area contributed by atoms with Crippen molar-refractivity contribution in [2.24, 2.45) is 41.4 Å². The van der Waals surface area contributed by atoms with Gasteiger partial charge in [0.25, 0.3) is 0 Å². The van der Waals surface area contributed by atoms with Gasteiger partial charge in [0.1, 0.15) is 0 Å². The van der Waals surface area contributed by atoms with Crippen molar-refractivity contribution in [1.29, 1.82) is 0 Å². The van der Waals surface area contributed by atoms with Crippen molar-refractivity contribution in [2.45, 2.75) is 190 Å². The number of unbranched alkanes of at least 4 members (excludes halogenated alkanes) is 13. The fraction of sp³-hybridized carbons (Fsp3) is 0.973. The second kappa shape index (κ2) is 25.2. The van der Waals surface area contributed by atoms with Crippen molar-refractivity contribution in [3.8, 4) is 0 Å². The zero-order chi connectivity index (χ0) is 29.5. The molecule has 0 rings (SSSR count). The zero-order valence-electron chi connectivity index (χ0n) is 28.2. The summed E-state index contributed by atoms with van der Waals surface area (Å²) in [5, 5.41) is 9.17. The van der Waals surface area contributed by atoms with E-state index in [0.29, 0.717) is 11.8 Å². The highest BCUT2D eigenvalue weighted by molar-refractivity contribution is 5.69. The van der Waals surface area contributed by atoms with Crippen LogP contribution in [0.2, 0.25) is 0 Å². The van der Waals surface area contributed by atoms with Crippen molar-refractivity contribution in [3.05, 3.63) is 0 Å². The third-order valence-corrected chi connectivity index (χ3v) is 9.25. The van der Waals surface area contributed by atoms with Crippen LogP contribution in [0.15, 0.2) is 0 Å². The zero-order valence-corrected chi connectivity index (χ0v) is 28.2. The molecule has 0 aliphatic heterocycles. The Morgan fingerprint density at radius 1 is 0.436 bits per heavy atom. The Hall–Kier alpha value is -0.530. The van der Waals surface area contributed by atoms with Crippen LogP contribution in [0.3, 0.4) is 0 Å². The minimum atomic E-state index is -0.653. The highest BCUT2D eigenvalue weighted by Gasteiger charge is 2.20. The van der Waals surface area contributed by atoms with Crippen molar-refractivity contribution in [1.82, 2.24) is 0 Å². The van der Waals surface area contributed by atoms with Gasteiger partial charge in [-0.2, -0.15) is 0 Å². The summed E-state index contributed by atoms with van der Waals surface area (Å²) in [7, 11) is 0. The lowest BCUT2D eigenvalue weighted by atomic mass is 9.81. The van der Waals surface area contributed by atoms with E-state index in [1.165, 1.54) is 122 Å². The number of hydrogen-bond acceptors (Lipinski definition) is 1. The summed E-state index contributed by atoms with van der Waals surface area (Å²) in [6.07, 6.45) is 29.0. The number of carboxylic acids is 1. The summed E-state index contributed by atoms with van der Waals surface area (Å²) < 4.78 is 0. The Morgan fingerprint density at radius 2 is 0.718 bits per heavy atom. The lowest BCUT2D eigenvalue weighted by Gasteiger charge is -2.25. The molecule has 0 radical (unpaired) electrons. The Morgan fingerprint density at radius 3 is 1.05 bits per heavy atom. The summed E-state index contributed by atoms with van der Waals surface area (Å²) in [4.78, 5) is 11.1. The van der Waals surface area contributed by atoms with Gasteiger partial charge in [0.05, 0.1) is 5.92 Å². The highest BCUT2D eigenvalue weighted by atomic mass is 16.4. The van der Waals surface area contributed by atoms with E-state index in [9.17, 15) is 4.79 Å². The standard InChI is InChI=1S/C37H74O2/c1-9-10-11-12-13-14-15-16-17-18-19-20-21-22-23-30(2)24-31(3)25-32(4)26-33(5)27-34(6)28-35(7)29-36(8)37(38)39/h30-36H,9-29H2,1-8H3,(H,38,39)/t30-,31-,32-,33-,34-,35-,36-/m0/s1. The van der Waals surface area contributed by atoms with Crippen LogP contribution in [-0.2, 0) is 4.79 Å². The van der Waals surface area contributed by atoms with Gasteiger partial charge in [0, 0.05) is 0 Å². The van der Waals surface area contributed by atoms with E-state index >= 15 is 0 Å². The SMILES string of the molecule is CCCCCCCCCCCCCCCC[C@H](C)C[C@H](C)C[C@H](C)C[C@H](C)C[C@H](C)C[C@H](C)C[C@H](C)C(=O)O. The van der Waals surface area contributed by atoms with Crippen molar-refractivity contribution >= 4 is 5.97 Å². The van der Waals surface area contributed by atoms with E-state index in [4.69, 9.17) is 5.11 Å². The maximum Gasteiger partial charge on any atom is 0.306 e. The molecule has 0 unspecified atom stereocenters. The summed E-state index contributed by atoms with van der Waals surface area (Å²) >= 11 is 0. The molecule has 0 aliphatic rings. The minimum Gasteiger partial charge on any atom is -0.481 e. The van der Waals surface area contributed by atoms with Gasteiger partial charge in [0.15, 0.2) is 0 Å². The van der Waals surface area contributed by atoms with Gasteiger partial charge in [0.2, 0.25) is 0 Å². The van der Waals surface area contributed by atoms with Crippen LogP contribution < -0.4 is 0 Å².